The maximum absolute atomic E-state index is 12.5. The van der Waals surface area contributed by atoms with Gasteiger partial charge in [-0.1, -0.05) is 23.7 Å². The molecule has 9 heteroatoms. The van der Waals surface area contributed by atoms with Crippen molar-refractivity contribution in [2.24, 2.45) is 0 Å². The summed E-state index contributed by atoms with van der Waals surface area (Å²) in [4.78, 5) is 16.7. The molecule has 1 amide bonds. The summed E-state index contributed by atoms with van der Waals surface area (Å²) in [7, 11) is -3.48. The molecule has 0 aliphatic rings. The summed E-state index contributed by atoms with van der Waals surface area (Å²) < 4.78 is 25.2. The Morgan fingerprint density at radius 1 is 1.12 bits per heavy atom. The van der Waals surface area contributed by atoms with Crippen molar-refractivity contribution in [1.82, 2.24) is 14.8 Å². The quantitative estimate of drug-likeness (QED) is 0.739. The van der Waals surface area contributed by atoms with Crippen molar-refractivity contribution in [3.8, 4) is 5.69 Å². The third kappa shape index (κ3) is 3.76. The Morgan fingerprint density at radius 2 is 1.77 bits per heavy atom. The third-order valence-corrected chi connectivity index (χ3v) is 4.98. The smallest absolute Gasteiger partial charge is 0.295 e. The van der Waals surface area contributed by atoms with Crippen molar-refractivity contribution < 1.29 is 13.2 Å². The van der Waals surface area contributed by atoms with Gasteiger partial charge in [0.05, 0.1) is 16.3 Å². The van der Waals surface area contributed by atoms with Crippen molar-refractivity contribution in [2.75, 3.05) is 11.6 Å². The molecule has 0 spiro atoms. The van der Waals surface area contributed by atoms with E-state index in [2.05, 4.69) is 15.4 Å². The van der Waals surface area contributed by atoms with Crippen molar-refractivity contribution in [2.45, 2.75) is 11.8 Å². The first-order valence-corrected chi connectivity index (χ1v) is 9.82. The van der Waals surface area contributed by atoms with Gasteiger partial charge in [-0.2, -0.15) is 0 Å². The van der Waals surface area contributed by atoms with Gasteiger partial charge in [0, 0.05) is 11.3 Å². The molecule has 3 aromatic rings. The van der Waals surface area contributed by atoms with E-state index in [4.69, 9.17) is 11.6 Å². The Hall–Kier alpha value is -2.71. The van der Waals surface area contributed by atoms with E-state index in [-0.39, 0.29) is 16.4 Å². The van der Waals surface area contributed by atoms with Crippen LogP contribution in [0.15, 0.2) is 53.4 Å². The summed E-state index contributed by atoms with van der Waals surface area (Å²) in [5.41, 5.74) is 0.885. The van der Waals surface area contributed by atoms with Crippen LogP contribution in [0.2, 0.25) is 5.02 Å². The molecular weight excluding hydrogens is 376 g/mol. The number of aryl methyl sites for hydroxylation is 1. The molecule has 0 atom stereocenters. The Kier molecular flexibility index (Phi) is 4.80. The summed E-state index contributed by atoms with van der Waals surface area (Å²) in [6.45, 7) is 1.71. The Labute approximate surface area is 155 Å². The lowest BCUT2D eigenvalue weighted by Crippen LogP contribution is -2.16. The molecule has 1 heterocycles. The largest absolute Gasteiger partial charge is 0.318 e. The summed E-state index contributed by atoms with van der Waals surface area (Å²) in [5.74, 6) is -0.161. The monoisotopic (exact) mass is 390 g/mol. The summed E-state index contributed by atoms with van der Waals surface area (Å²) in [6.07, 6.45) is 1.08. The first-order chi connectivity index (χ1) is 12.3. The molecular formula is C17H15ClN4O3S. The highest BCUT2D eigenvalue weighted by Gasteiger charge is 2.19. The molecule has 2 aromatic carbocycles. The van der Waals surface area contributed by atoms with E-state index in [1.807, 2.05) is 0 Å². The van der Waals surface area contributed by atoms with Crippen LogP contribution in [0, 0.1) is 6.92 Å². The van der Waals surface area contributed by atoms with Crippen LogP contribution in [-0.2, 0) is 9.84 Å². The number of aromatic nitrogens is 3. The van der Waals surface area contributed by atoms with Crippen molar-refractivity contribution >= 4 is 33.0 Å². The van der Waals surface area contributed by atoms with Gasteiger partial charge in [-0.3, -0.25) is 4.79 Å². The van der Waals surface area contributed by atoms with E-state index >= 15 is 0 Å². The number of rotatable bonds is 4. The van der Waals surface area contributed by atoms with Crippen LogP contribution in [0.3, 0.4) is 0 Å². The van der Waals surface area contributed by atoms with Crippen LogP contribution in [0.25, 0.3) is 5.69 Å². The zero-order valence-electron chi connectivity index (χ0n) is 14.0. The number of sulfone groups is 1. The van der Waals surface area contributed by atoms with E-state index < -0.39 is 15.7 Å². The second-order valence-electron chi connectivity index (χ2n) is 5.59. The highest BCUT2D eigenvalue weighted by atomic mass is 35.5. The molecule has 0 saturated carbocycles. The molecule has 0 aliphatic heterocycles. The van der Waals surface area contributed by atoms with Crippen LogP contribution in [-0.4, -0.2) is 35.3 Å². The molecule has 26 heavy (non-hydrogen) atoms. The Morgan fingerprint density at radius 3 is 2.42 bits per heavy atom. The van der Waals surface area contributed by atoms with Gasteiger partial charge in [-0.05, 0) is 43.3 Å². The number of hydrogen-bond acceptors (Lipinski definition) is 5. The van der Waals surface area contributed by atoms with Gasteiger partial charge in [0.15, 0.2) is 9.84 Å². The fraction of sp³-hybridized carbons (Fsp3) is 0.118. The number of carbonyl (C=O) groups is 1. The SMILES string of the molecule is Cc1nc(C(=O)Nc2ccccc2S(C)(=O)=O)nn1-c1ccc(Cl)cc1. The first kappa shape index (κ1) is 18.1. The van der Waals surface area contributed by atoms with Gasteiger partial charge in [0.2, 0.25) is 5.82 Å². The fourth-order valence-corrected chi connectivity index (χ4v) is 3.35. The summed E-state index contributed by atoms with van der Waals surface area (Å²) in [5, 5.41) is 7.34. The average molecular weight is 391 g/mol. The highest BCUT2D eigenvalue weighted by Crippen LogP contribution is 2.21. The lowest BCUT2D eigenvalue weighted by atomic mass is 10.3. The molecule has 1 N–H and O–H groups in total. The van der Waals surface area contributed by atoms with Crippen LogP contribution >= 0.6 is 11.6 Å². The van der Waals surface area contributed by atoms with Gasteiger partial charge in [-0.25, -0.2) is 18.1 Å². The molecule has 0 bridgehead atoms. The number of carbonyl (C=O) groups excluding carboxylic acids is 1. The molecule has 0 radical (unpaired) electrons. The van der Waals surface area contributed by atoms with Crippen LogP contribution in [0.1, 0.15) is 16.4 Å². The number of amides is 1. The minimum Gasteiger partial charge on any atom is -0.318 e. The molecule has 0 aliphatic carbocycles. The van der Waals surface area contributed by atoms with Crippen LogP contribution in [0.4, 0.5) is 5.69 Å². The van der Waals surface area contributed by atoms with Crippen LogP contribution in [0.5, 0.6) is 0 Å². The molecule has 0 unspecified atom stereocenters. The van der Waals surface area contributed by atoms with Gasteiger partial charge >= 0.3 is 0 Å². The standard InChI is InChI=1S/C17H15ClN4O3S/c1-11-19-16(21-22(11)13-9-7-12(18)8-10-13)17(23)20-14-5-3-4-6-15(14)26(2,24)25/h3-10H,1-2H3,(H,20,23). The number of nitrogens with one attached hydrogen (secondary N) is 1. The molecule has 7 nitrogen and oxygen atoms in total. The zero-order valence-corrected chi connectivity index (χ0v) is 15.5. The number of halogens is 1. The van der Waals surface area contributed by atoms with Crippen molar-refractivity contribution in [1.29, 1.82) is 0 Å². The number of anilines is 1. The second-order valence-corrected chi connectivity index (χ2v) is 8.01. The lowest BCUT2D eigenvalue weighted by molar-refractivity contribution is 0.101. The van der Waals surface area contributed by atoms with Crippen LogP contribution < -0.4 is 5.32 Å². The summed E-state index contributed by atoms with van der Waals surface area (Å²) in [6, 6.07) is 13.1. The Bertz CT molecular complexity index is 1080. The zero-order chi connectivity index (χ0) is 18.9. The maximum atomic E-state index is 12.5. The molecule has 134 valence electrons. The van der Waals surface area contributed by atoms with E-state index in [1.165, 1.54) is 16.8 Å². The number of para-hydroxylation sites is 1. The number of nitrogens with zero attached hydrogens (tertiary/aromatic N) is 3. The van der Waals surface area contributed by atoms with Gasteiger partial charge < -0.3 is 5.32 Å². The second kappa shape index (κ2) is 6.89. The highest BCUT2D eigenvalue weighted by molar-refractivity contribution is 7.90. The van der Waals surface area contributed by atoms with E-state index in [9.17, 15) is 13.2 Å². The Balaban J connectivity index is 1.91. The lowest BCUT2D eigenvalue weighted by Gasteiger charge is -2.08. The third-order valence-electron chi connectivity index (χ3n) is 3.58. The molecule has 3 rings (SSSR count). The fourth-order valence-electron chi connectivity index (χ4n) is 2.38. The minimum atomic E-state index is -3.48. The number of hydrogen-bond donors (Lipinski definition) is 1. The van der Waals surface area contributed by atoms with Gasteiger partial charge in [-0.15, -0.1) is 5.10 Å². The van der Waals surface area contributed by atoms with Crippen molar-refractivity contribution in [3.05, 3.63) is 65.2 Å². The number of benzene rings is 2. The normalized spacial score (nSPS) is 11.3. The van der Waals surface area contributed by atoms with Gasteiger partial charge in [0.25, 0.3) is 5.91 Å². The van der Waals surface area contributed by atoms with Gasteiger partial charge in [0.1, 0.15) is 5.82 Å². The molecule has 1 aromatic heterocycles. The van der Waals surface area contributed by atoms with E-state index in [1.54, 1.807) is 43.3 Å². The molecule has 0 fully saturated rings. The summed E-state index contributed by atoms with van der Waals surface area (Å²) >= 11 is 5.88. The van der Waals surface area contributed by atoms with E-state index in [0.717, 1.165) is 6.26 Å². The predicted molar refractivity (Wildman–Crippen MR) is 98.6 cm³/mol. The topological polar surface area (TPSA) is 93.9 Å². The maximum Gasteiger partial charge on any atom is 0.295 e. The van der Waals surface area contributed by atoms with Crippen molar-refractivity contribution in [3.63, 3.8) is 0 Å². The molecule has 0 saturated heterocycles. The minimum absolute atomic E-state index is 0.0298. The van der Waals surface area contributed by atoms with E-state index in [0.29, 0.717) is 16.5 Å². The predicted octanol–water partition coefficient (Wildman–Crippen LogP) is 2.88. The average Bonchev–Trinajstić information content (AvgIpc) is 2.97. The first-order valence-electron chi connectivity index (χ1n) is 7.56.